The zero-order valence-electron chi connectivity index (χ0n) is 17.7. The van der Waals surface area contributed by atoms with Crippen LogP contribution in [0.15, 0.2) is 65.6 Å². The van der Waals surface area contributed by atoms with E-state index in [1.54, 1.807) is 12.1 Å². The molecule has 1 aliphatic rings. The van der Waals surface area contributed by atoms with Gasteiger partial charge in [0.15, 0.2) is 0 Å². The lowest BCUT2D eigenvalue weighted by Gasteiger charge is -2.22. The van der Waals surface area contributed by atoms with Crippen molar-refractivity contribution in [2.24, 2.45) is 0 Å². The van der Waals surface area contributed by atoms with Gasteiger partial charge in [0, 0.05) is 42.3 Å². The van der Waals surface area contributed by atoms with Gasteiger partial charge in [-0.05, 0) is 61.2 Å². The van der Waals surface area contributed by atoms with Crippen LogP contribution in [0.25, 0.3) is 0 Å². The van der Waals surface area contributed by atoms with Crippen molar-refractivity contribution in [3.63, 3.8) is 0 Å². The number of nitrogens with one attached hydrogen (secondary N) is 1. The second-order valence-corrected chi connectivity index (χ2v) is 10.1. The molecule has 1 saturated heterocycles. The fourth-order valence-electron chi connectivity index (χ4n) is 3.78. The van der Waals surface area contributed by atoms with E-state index in [2.05, 4.69) is 15.7 Å². The van der Waals surface area contributed by atoms with Crippen molar-refractivity contribution in [2.45, 2.75) is 49.2 Å². The van der Waals surface area contributed by atoms with Crippen LogP contribution >= 0.6 is 11.6 Å². The highest BCUT2D eigenvalue weighted by atomic mass is 35.5. The molecule has 1 heterocycles. The van der Waals surface area contributed by atoms with E-state index >= 15 is 0 Å². The summed E-state index contributed by atoms with van der Waals surface area (Å²) in [6.45, 7) is 1.21. The van der Waals surface area contributed by atoms with Gasteiger partial charge >= 0.3 is 5.97 Å². The summed E-state index contributed by atoms with van der Waals surface area (Å²) in [7, 11) is -3.67. The Labute approximate surface area is 193 Å². The van der Waals surface area contributed by atoms with Crippen LogP contribution in [0.3, 0.4) is 0 Å². The van der Waals surface area contributed by atoms with Crippen molar-refractivity contribution < 1.29 is 18.3 Å². The number of hydrogen-bond acceptors (Lipinski definition) is 5. The van der Waals surface area contributed by atoms with E-state index in [0.717, 1.165) is 5.56 Å². The number of rotatable bonds is 10. The molecule has 0 saturated carbocycles. The number of allylic oxidation sites excluding steroid dienone is 1. The SMILES string of the molecule is Nc1ccc(CN2C[C@H](NS(=O)(=O)c3ccc(Cl)cc3)C[C@H]2C=CCCCC(=O)O)cc1. The Morgan fingerprint density at radius 3 is 2.53 bits per heavy atom. The molecule has 3 rings (SSSR count). The highest BCUT2D eigenvalue weighted by Crippen LogP contribution is 2.24. The second kappa shape index (κ2) is 11.0. The van der Waals surface area contributed by atoms with Gasteiger partial charge in [-0.15, -0.1) is 0 Å². The van der Waals surface area contributed by atoms with Gasteiger partial charge in [-0.3, -0.25) is 9.69 Å². The summed E-state index contributed by atoms with van der Waals surface area (Å²) < 4.78 is 28.4. The molecule has 0 radical (unpaired) electrons. The predicted molar refractivity (Wildman–Crippen MR) is 126 cm³/mol. The number of nitrogens with two attached hydrogens (primary N) is 1. The molecule has 2 atom stereocenters. The van der Waals surface area contributed by atoms with Crippen LogP contribution in [-0.2, 0) is 21.4 Å². The van der Waals surface area contributed by atoms with Crippen molar-refractivity contribution in [3.8, 4) is 0 Å². The number of hydrogen-bond donors (Lipinski definition) is 3. The lowest BCUT2D eigenvalue weighted by Crippen LogP contribution is -2.37. The van der Waals surface area contributed by atoms with E-state index in [1.165, 1.54) is 12.1 Å². The van der Waals surface area contributed by atoms with Gasteiger partial charge in [-0.25, -0.2) is 13.1 Å². The number of nitrogens with zero attached hydrogens (tertiary/aromatic N) is 1. The minimum atomic E-state index is -3.67. The maximum absolute atomic E-state index is 12.8. The summed E-state index contributed by atoms with van der Waals surface area (Å²) in [6.07, 6.45) is 6.03. The minimum absolute atomic E-state index is 0.0373. The van der Waals surface area contributed by atoms with Crippen LogP contribution in [0.1, 0.15) is 31.2 Å². The third-order valence-corrected chi connectivity index (χ3v) is 7.17. The second-order valence-electron chi connectivity index (χ2n) is 7.96. The number of carbonyl (C=O) groups is 1. The summed E-state index contributed by atoms with van der Waals surface area (Å²) in [5.41, 5.74) is 7.56. The normalized spacial score (nSPS) is 19.5. The summed E-state index contributed by atoms with van der Waals surface area (Å²) in [4.78, 5) is 13.1. The summed E-state index contributed by atoms with van der Waals surface area (Å²) >= 11 is 5.88. The Morgan fingerprint density at radius 2 is 1.88 bits per heavy atom. The van der Waals surface area contributed by atoms with Gasteiger partial charge in [0.05, 0.1) is 4.90 Å². The van der Waals surface area contributed by atoms with E-state index in [1.807, 2.05) is 30.3 Å². The molecule has 1 aliphatic heterocycles. The molecule has 9 heteroatoms. The van der Waals surface area contributed by atoms with E-state index in [0.29, 0.717) is 43.1 Å². The molecule has 0 aliphatic carbocycles. The lowest BCUT2D eigenvalue weighted by atomic mass is 10.1. The van der Waals surface area contributed by atoms with Gasteiger partial charge in [-0.2, -0.15) is 0 Å². The Bertz CT molecular complexity index is 1040. The summed E-state index contributed by atoms with van der Waals surface area (Å²) in [6, 6.07) is 13.5. The average Bonchev–Trinajstić information content (AvgIpc) is 3.09. The first kappa shape index (κ1) is 24.3. The Kier molecular flexibility index (Phi) is 8.31. The van der Waals surface area contributed by atoms with Crippen molar-refractivity contribution >= 4 is 33.3 Å². The number of benzene rings is 2. The first-order valence-electron chi connectivity index (χ1n) is 10.5. The van der Waals surface area contributed by atoms with Crippen LogP contribution in [0, 0.1) is 0 Å². The fourth-order valence-corrected chi connectivity index (χ4v) is 5.15. The van der Waals surface area contributed by atoms with E-state index in [4.69, 9.17) is 22.4 Å². The van der Waals surface area contributed by atoms with E-state index < -0.39 is 16.0 Å². The molecule has 1 fully saturated rings. The maximum atomic E-state index is 12.8. The summed E-state index contributed by atoms with van der Waals surface area (Å²) in [5.74, 6) is -0.805. The van der Waals surface area contributed by atoms with Crippen LogP contribution in [0.5, 0.6) is 0 Å². The predicted octanol–water partition coefficient (Wildman–Crippen LogP) is 3.65. The number of halogens is 1. The third kappa shape index (κ3) is 7.06. The number of unbranched alkanes of at least 4 members (excludes halogenated alkanes) is 1. The molecule has 2 aromatic carbocycles. The molecule has 2 aromatic rings. The molecule has 0 unspecified atom stereocenters. The molecular weight excluding hydrogens is 450 g/mol. The average molecular weight is 478 g/mol. The summed E-state index contributed by atoms with van der Waals surface area (Å²) in [5, 5.41) is 9.27. The number of carboxylic acid groups (broad SMARTS) is 1. The molecule has 0 amide bonds. The van der Waals surface area contributed by atoms with Crippen LogP contribution in [0.4, 0.5) is 5.69 Å². The van der Waals surface area contributed by atoms with E-state index in [-0.39, 0.29) is 23.4 Å². The zero-order chi connectivity index (χ0) is 23.1. The van der Waals surface area contributed by atoms with Crippen molar-refractivity contribution in [1.82, 2.24) is 9.62 Å². The van der Waals surface area contributed by atoms with Crippen LogP contribution < -0.4 is 10.5 Å². The Morgan fingerprint density at radius 1 is 1.19 bits per heavy atom. The minimum Gasteiger partial charge on any atom is -0.481 e. The van der Waals surface area contributed by atoms with Gasteiger partial charge in [0.25, 0.3) is 0 Å². The molecule has 0 aromatic heterocycles. The van der Waals surface area contributed by atoms with Crippen molar-refractivity contribution in [2.75, 3.05) is 12.3 Å². The largest absolute Gasteiger partial charge is 0.481 e. The standard InChI is InChI=1S/C23H28ClN3O4S/c24-18-8-12-22(13-9-18)32(30,31)26-20-14-21(4-2-1-3-5-23(28)29)27(16-20)15-17-6-10-19(25)11-7-17/h2,4,6-13,20-21,26H,1,3,5,14-16,25H2,(H,28,29)/t20-,21-/m1/s1. The molecule has 32 heavy (non-hydrogen) atoms. The van der Waals surface area contributed by atoms with Crippen molar-refractivity contribution in [1.29, 1.82) is 0 Å². The van der Waals surface area contributed by atoms with Crippen LogP contribution in [-0.4, -0.2) is 43.0 Å². The first-order valence-corrected chi connectivity index (χ1v) is 12.3. The molecule has 172 valence electrons. The number of anilines is 1. The molecular formula is C23H28ClN3O4S. The highest BCUT2D eigenvalue weighted by molar-refractivity contribution is 7.89. The number of nitrogen functional groups attached to an aromatic ring is 1. The van der Waals surface area contributed by atoms with Gasteiger partial charge in [0.2, 0.25) is 10.0 Å². The molecule has 0 bridgehead atoms. The molecule has 7 nitrogen and oxygen atoms in total. The highest BCUT2D eigenvalue weighted by Gasteiger charge is 2.33. The lowest BCUT2D eigenvalue weighted by molar-refractivity contribution is -0.137. The monoisotopic (exact) mass is 477 g/mol. The van der Waals surface area contributed by atoms with Gasteiger partial charge in [0.1, 0.15) is 0 Å². The van der Waals surface area contributed by atoms with E-state index in [9.17, 15) is 13.2 Å². The molecule has 0 spiro atoms. The smallest absolute Gasteiger partial charge is 0.303 e. The number of aliphatic carboxylic acids is 1. The topological polar surface area (TPSA) is 113 Å². The number of carboxylic acids is 1. The maximum Gasteiger partial charge on any atom is 0.303 e. The first-order chi connectivity index (χ1) is 15.2. The quantitative estimate of drug-likeness (QED) is 0.273. The van der Waals surface area contributed by atoms with Crippen LogP contribution in [0.2, 0.25) is 5.02 Å². The fraction of sp³-hybridized carbons (Fsp3) is 0.348. The Hall–Kier alpha value is -2.39. The Balaban J connectivity index is 1.69. The van der Waals surface area contributed by atoms with Crippen molar-refractivity contribution in [3.05, 3.63) is 71.3 Å². The number of sulfonamides is 1. The number of likely N-dealkylation sites (tertiary alicyclic amines) is 1. The van der Waals surface area contributed by atoms with Gasteiger partial charge < -0.3 is 10.8 Å². The molecule has 4 N–H and O–H groups in total. The zero-order valence-corrected chi connectivity index (χ0v) is 19.2. The van der Waals surface area contributed by atoms with Gasteiger partial charge in [-0.1, -0.05) is 35.9 Å². The third-order valence-electron chi connectivity index (χ3n) is 5.38.